The molecule has 0 radical (unpaired) electrons. The van der Waals surface area contributed by atoms with Crippen molar-refractivity contribution < 1.29 is 13.6 Å². The third kappa shape index (κ3) is 4.38. The highest BCUT2D eigenvalue weighted by molar-refractivity contribution is 7.99. The number of rotatable bonds is 6. The van der Waals surface area contributed by atoms with Gasteiger partial charge in [0, 0.05) is 11.3 Å². The van der Waals surface area contributed by atoms with E-state index in [0.717, 1.165) is 17.3 Å². The quantitative estimate of drug-likeness (QED) is 0.447. The first-order valence-corrected chi connectivity index (χ1v) is 10.0. The van der Waals surface area contributed by atoms with Gasteiger partial charge in [0.15, 0.2) is 11.0 Å². The molecule has 0 aliphatic rings. The minimum Gasteiger partial charge on any atom is -0.323 e. The first kappa shape index (κ1) is 19.8. The molecule has 30 heavy (non-hydrogen) atoms. The van der Waals surface area contributed by atoms with E-state index in [2.05, 4.69) is 15.5 Å². The van der Waals surface area contributed by atoms with E-state index in [1.165, 1.54) is 24.3 Å². The van der Waals surface area contributed by atoms with Crippen LogP contribution in [0, 0.1) is 11.6 Å². The SMILES string of the molecule is O=C(CSc1nnc(-c2ccccc2)n1-c1ccc(F)cc1)Nc1ccccc1F. The fourth-order valence-electron chi connectivity index (χ4n) is 2.84. The van der Waals surface area contributed by atoms with Crippen molar-refractivity contribution in [3.8, 4) is 17.1 Å². The Morgan fingerprint density at radius 3 is 2.33 bits per heavy atom. The molecule has 1 heterocycles. The van der Waals surface area contributed by atoms with Crippen LogP contribution < -0.4 is 5.32 Å². The molecule has 4 aromatic rings. The number of hydrogen-bond acceptors (Lipinski definition) is 4. The first-order valence-electron chi connectivity index (χ1n) is 9.06. The van der Waals surface area contributed by atoms with Crippen LogP contribution >= 0.6 is 11.8 Å². The second-order valence-electron chi connectivity index (χ2n) is 6.30. The molecule has 1 aromatic heterocycles. The predicted octanol–water partition coefficient (Wildman–Crippen LogP) is 4.94. The van der Waals surface area contributed by atoms with Gasteiger partial charge in [-0.15, -0.1) is 10.2 Å². The lowest BCUT2D eigenvalue weighted by Crippen LogP contribution is -2.15. The van der Waals surface area contributed by atoms with E-state index < -0.39 is 5.82 Å². The smallest absolute Gasteiger partial charge is 0.234 e. The molecular formula is C22H16F2N4OS. The normalized spacial score (nSPS) is 10.7. The van der Waals surface area contributed by atoms with Gasteiger partial charge < -0.3 is 5.32 Å². The van der Waals surface area contributed by atoms with Gasteiger partial charge in [0.25, 0.3) is 0 Å². The molecule has 5 nitrogen and oxygen atoms in total. The summed E-state index contributed by atoms with van der Waals surface area (Å²) in [5, 5.41) is 11.5. The van der Waals surface area contributed by atoms with E-state index in [4.69, 9.17) is 0 Å². The number of halogens is 2. The van der Waals surface area contributed by atoms with Crippen LogP contribution in [0.4, 0.5) is 14.5 Å². The number of nitrogens with one attached hydrogen (secondary N) is 1. The molecule has 8 heteroatoms. The summed E-state index contributed by atoms with van der Waals surface area (Å²) >= 11 is 1.16. The minimum atomic E-state index is -0.503. The number of carbonyl (C=O) groups excluding carboxylic acids is 1. The molecule has 3 aromatic carbocycles. The molecule has 0 fully saturated rings. The van der Waals surface area contributed by atoms with E-state index in [1.54, 1.807) is 28.8 Å². The van der Waals surface area contributed by atoms with Crippen LogP contribution in [0.15, 0.2) is 84.0 Å². The van der Waals surface area contributed by atoms with Gasteiger partial charge in [0.05, 0.1) is 11.4 Å². The summed E-state index contributed by atoms with van der Waals surface area (Å²) in [5.74, 6) is -0.662. The Morgan fingerprint density at radius 1 is 0.900 bits per heavy atom. The largest absolute Gasteiger partial charge is 0.323 e. The summed E-state index contributed by atoms with van der Waals surface area (Å²) in [6.45, 7) is 0. The highest BCUT2D eigenvalue weighted by Crippen LogP contribution is 2.28. The molecule has 1 amide bonds. The second-order valence-corrected chi connectivity index (χ2v) is 7.24. The number of anilines is 1. The van der Waals surface area contributed by atoms with Crippen molar-refractivity contribution in [3.05, 3.63) is 90.5 Å². The molecule has 0 saturated carbocycles. The van der Waals surface area contributed by atoms with Crippen molar-refractivity contribution in [2.75, 3.05) is 11.1 Å². The van der Waals surface area contributed by atoms with Gasteiger partial charge in [-0.1, -0.05) is 54.2 Å². The van der Waals surface area contributed by atoms with E-state index in [0.29, 0.717) is 16.7 Å². The van der Waals surface area contributed by atoms with E-state index in [9.17, 15) is 13.6 Å². The van der Waals surface area contributed by atoms with Gasteiger partial charge in [-0.05, 0) is 36.4 Å². The molecule has 0 aliphatic heterocycles. The van der Waals surface area contributed by atoms with E-state index in [1.807, 2.05) is 30.3 Å². The van der Waals surface area contributed by atoms with Crippen LogP contribution in [-0.2, 0) is 4.79 Å². The lowest BCUT2D eigenvalue weighted by molar-refractivity contribution is -0.113. The monoisotopic (exact) mass is 422 g/mol. The van der Waals surface area contributed by atoms with Crippen LogP contribution in [0.5, 0.6) is 0 Å². The minimum absolute atomic E-state index is 0.00243. The Bertz CT molecular complexity index is 1160. The van der Waals surface area contributed by atoms with Crippen molar-refractivity contribution in [2.45, 2.75) is 5.16 Å². The number of benzene rings is 3. The van der Waals surface area contributed by atoms with Crippen LogP contribution in [0.2, 0.25) is 0 Å². The van der Waals surface area contributed by atoms with Gasteiger partial charge >= 0.3 is 0 Å². The number of amides is 1. The zero-order chi connectivity index (χ0) is 20.9. The third-order valence-electron chi connectivity index (χ3n) is 4.23. The lowest BCUT2D eigenvalue weighted by Gasteiger charge is -2.11. The van der Waals surface area contributed by atoms with Gasteiger partial charge in [0.1, 0.15) is 11.6 Å². The summed E-state index contributed by atoms with van der Waals surface area (Å²) in [6.07, 6.45) is 0. The van der Waals surface area contributed by atoms with Crippen LogP contribution in [0.3, 0.4) is 0 Å². The molecular weight excluding hydrogens is 406 g/mol. The third-order valence-corrected chi connectivity index (χ3v) is 5.16. The molecule has 0 saturated heterocycles. The zero-order valence-electron chi connectivity index (χ0n) is 15.6. The summed E-state index contributed by atoms with van der Waals surface area (Å²) in [6, 6.07) is 21.3. The molecule has 1 N–H and O–H groups in total. The zero-order valence-corrected chi connectivity index (χ0v) is 16.4. The van der Waals surface area contributed by atoms with Crippen LogP contribution in [0.25, 0.3) is 17.1 Å². The topological polar surface area (TPSA) is 59.8 Å². The molecule has 0 spiro atoms. The summed E-state index contributed by atoms with van der Waals surface area (Å²) in [5.41, 5.74) is 1.61. The van der Waals surface area contributed by atoms with E-state index in [-0.39, 0.29) is 23.2 Å². The maximum absolute atomic E-state index is 13.7. The number of nitrogens with zero attached hydrogens (tertiary/aromatic N) is 3. The molecule has 0 aliphatic carbocycles. The molecule has 0 bridgehead atoms. The van der Waals surface area contributed by atoms with Crippen molar-refractivity contribution in [3.63, 3.8) is 0 Å². The van der Waals surface area contributed by atoms with Gasteiger partial charge in [-0.2, -0.15) is 0 Å². The summed E-state index contributed by atoms with van der Waals surface area (Å²) in [4.78, 5) is 12.3. The van der Waals surface area contributed by atoms with Crippen molar-refractivity contribution >= 4 is 23.4 Å². The average Bonchev–Trinajstić information content (AvgIpc) is 3.19. The number of thioether (sulfide) groups is 1. The van der Waals surface area contributed by atoms with E-state index >= 15 is 0 Å². The highest BCUT2D eigenvalue weighted by atomic mass is 32.2. The molecule has 4 rings (SSSR count). The number of hydrogen-bond donors (Lipinski definition) is 1. The van der Waals surface area contributed by atoms with Crippen molar-refractivity contribution in [1.82, 2.24) is 14.8 Å². The molecule has 0 unspecified atom stereocenters. The van der Waals surface area contributed by atoms with Gasteiger partial charge in [-0.3, -0.25) is 9.36 Å². The van der Waals surface area contributed by atoms with Crippen LogP contribution in [0.1, 0.15) is 0 Å². The fourth-order valence-corrected chi connectivity index (χ4v) is 3.59. The maximum Gasteiger partial charge on any atom is 0.234 e. The van der Waals surface area contributed by atoms with Crippen molar-refractivity contribution in [1.29, 1.82) is 0 Å². The maximum atomic E-state index is 13.7. The van der Waals surface area contributed by atoms with Crippen molar-refractivity contribution in [2.24, 2.45) is 0 Å². The van der Waals surface area contributed by atoms with Crippen LogP contribution in [-0.4, -0.2) is 26.4 Å². The standard InChI is InChI=1S/C22H16F2N4OS/c23-16-10-12-17(13-11-16)28-21(15-6-2-1-3-7-15)26-27-22(28)30-14-20(29)25-19-9-5-4-8-18(19)24/h1-13H,14H2,(H,25,29). The predicted molar refractivity (Wildman–Crippen MR) is 113 cm³/mol. The number of para-hydroxylation sites is 1. The fraction of sp³-hybridized carbons (Fsp3) is 0.0455. The summed E-state index contributed by atoms with van der Waals surface area (Å²) in [7, 11) is 0. The number of aromatic nitrogens is 3. The Labute approximate surface area is 175 Å². The first-order chi connectivity index (χ1) is 14.6. The Balaban J connectivity index is 1.60. The average molecular weight is 422 g/mol. The Hall–Kier alpha value is -3.52. The summed E-state index contributed by atoms with van der Waals surface area (Å²) < 4.78 is 28.9. The van der Waals surface area contributed by atoms with Gasteiger partial charge in [0.2, 0.25) is 5.91 Å². The lowest BCUT2D eigenvalue weighted by atomic mass is 10.2. The second kappa shape index (κ2) is 8.87. The Kier molecular flexibility index (Phi) is 5.85. The Morgan fingerprint density at radius 2 is 1.60 bits per heavy atom. The highest BCUT2D eigenvalue weighted by Gasteiger charge is 2.17. The number of carbonyl (C=O) groups is 1. The molecule has 0 atom stereocenters. The van der Waals surface area contributed by atoms with Gasteiger partial charge in [-0.25, -0.2) is 8.78 Å². The molecule has 150 valence electrons.